The van der Waals surface area contributed by atoms with Gasteiger partial charge in [0.05, 0.1) is 6.07 Å². The molecular weight excluding hydrogens is 418 g/mol. The molecule has 0 saturated carbocycles. The second-order valence-electron chi connectivity index (χ2n) is 6.64. The van der Waals surface area contributed by atoms with Gasteiger partial charge in [-0.15, -0.1) is 10.2 Å². The smallest absolute Gasteiger partial charge is 0.433 e. The lowest BCUT2D eigenvalue weighted by molar-refractivity contribution is -0.402. The van der Waals surface area contributed by atoms with Gasteiger partial charge in [0.15, 0.2) is 11.5 Å². The summed E-state index contributed by atoms with van der Waals surface area (Å²) >= 11 is 1.44. The van der Waals surface area contributed by atoms with Gasteiger partial charge in [0, 0.05) is 17.0 Å². The summed E-state index contributed by atoms with van der Waals surface area (Å²) in [5, 5.41) is 23.3. The molecule has 5 rings (SSSR count). The average Bonchev–Trinajstić information content (AvgIpc) is 3.23. The first-order valence-corrected chi connectivity index (χ1v) is 10.3. The molecule has 1 aliphatic rings. The lowest BCUT2D eigenvalue weighted by Gasteiger charge is -2.16. The van der Waals surface area contributed by atoms with E-state index >= 15 is 0 Å². The zero-order valence-electron chi connectivity index (χ0n) is 16.0. The van der Waals surface area contributed by atoms with Gasteiger partial charge in [0.1, 0.15) is 4.92 Å². The molecule has 0 radical (unpaired) electrons. The number of benzene rings is 2. The maximum atomic E-state index is 11.0. The summed E-state index contributed by atoms with van der Waals surface area (Å²) in [4.78, 5) is 15.0. The summed E-state index contributed by atoms with van der Waals surface area (Å²) in [5.41, 5.74) is 3.11. The largest absolute Gasteiger partial charge is 0.444 e. The number of hydrogen-bond donors (Lipinski definition) is 1. The Kier molecular flexibility index (Phi) is 4.97. The highest BCUT2D eigenvalue weighted by atomic mass is 32.2. The van der Waals surface area contributed by atoms with E-state index in [0.29, 0.717) is 16.6 Å². The Bertz CT molecular complexity index is 1250. The molecule has 0 bridgehead atoms. The number of thioether (sulfide) groups is 1. The highest BCUT2D eigenvalue weighted by molar-refractivity contribution is 7.98. The van der Waals surface area contributed by atoms with Crippen LogP contribution in [-0.4, -0.2) is 20.1 Å². The van der Waals surface area contributed by atoms with Crippen molar-refractivity contribution in [1.29, 1.82) is 0 Å². The molecule has 0 aliphatic carbocycles. The number of hydrogen-bond acceptors (Lipinski definition) is 9. The first-order valence-electron chi connectivity index (χ1n) is 9.35. The molecule has 9 nitrogen and oxygen atoms in total. The summed E-state index contributed by atoms with van der Waals surface area (Å²) in [5.74, 6) is 0.848. The van der Waals surface area contributed by atoms with E-state index in [0.717, 1.165) is 16.8 Å². The number of nitro groups is 1. The molecule has 31 heavy (non-hydrogen) atoms. The van der Waals surface area contributed by atoms with Gasteiger partial charge in [-0.1, -0.05) is 60.3 Å². The van der Waals surface area contributed by atoms with Crippen LogP contribution < -0.4 is 10.1 Å². The molecule has 1 atom stereocenters. The Morgan fingerprint density at radius 3 is 2.65 bits per heavy atom. The van der Waals surface area contributed by atoms with Crippen molar-refractivity contribution in [2.75, 3.05) is 5.32 Å². The van der Waals surface area contributed by atoms with Crippen molar-refractivity contribution in [3.8, 4) is 17.1 Å². The van der Waals surface area contributed by atoms with Crippen LogP contribution >= 0.6 is 11.8 Å². The lowest BCUT2D eigenvalue weighted by Crippen LogP contribution is -2.16. The summed E-state index contributed by atoms with van der Waals surface area (Å²) in [6.07, 6.45) is -0.820. The fourth-order valence-corrected chi connectivity index (χ4v) is 3.87. The van der Waals surface area contributed by atoms with Crippen molar-refractivity contribution < 1.29 is 14.1 Å². The highest BCUT2D eigenvalue weighted by Gasteiger charge is 2.29. The molecule has 1 N–H and O–H groups in total. The third kappa shape index (κ3) is 3.92. The van der Waals surface area contributed by atoms with Gasteiger partial charge in [-0.05, 0) is 17.7 Å². The maximum absolute atomic E-state index is 11.0. The zero-order valence-corrected chi connectivity index (χ0v) is 16.8. The third-order valence-electron chi connectivity index (χ3n) is 4.60. The van der Waals surface area contributed by atoms with Crippen LogP contribution in [-0.2, 0) is 5.75 Å². The summed E-state index contributed by atoms with van der Waals surface area (Å²) in [6, 6.07) is 20.2. The number of fused-ring (bicyclic) bond motifs is 3. The molecule has 10 heteroatoms. The average molecular weight is 433 g/mol. The minimum absolute atomic E-state index is 0.256. The molecule has 0 saturated heterocycles. The Morgan fingerprint density at radius 2 is 1.84 bits per heavy atom. The van der Waals surface area contributed by atoms with E-state index in [1.54, 1.807) is 0 Å². The van der Waals surface area contributed by atoms with Crippen LogP contribution in [0.5, 0.6) is 5.88 Å². The van der Waals surface area contributed by atoms with E-state index in [2.05, 4.69) is 20.5 Å². The van der Waals surface area contributed by atoms with Crippen LogP contribution in [0.1, 0.15) is 17.6 Å². The molecule has 2 aromatic carbocycles. The second-order valence-corrected chi connectivity index (χ2v) is 7.59. The van der Waals surface area contributed by atoms with Crippen molar-refractivity contribution in [3.05, 3.63) is 88.2 Å². The van der Waals surface area contributed by atoms with Gasteiger partial charge in [-0.25, -0.2) is 0 Å². The van der Waals surface area contributed by atoms with Gasteiger partial charge in [0.25, 0.3) is 0 Å². The number of ether oxygens (including phenoxy) is 1. The van der Waals surface area contributed by atoms with E-state index in [1.165, 1.54) is 23.9 Å². The minimum atomic E-state index is -0.820. The van der Waals surface area contributed by atoms with E-state index in [9.17, 15) is 10.1 Å². The molecule has 1 aliphatic heterocycles. The number of anilines is 1. The first-order chi connectivity index (χ1) is 15.2. The normalized spacial score (nSPS) is 14.5. The molecular formula is C21H15N5O4S. The summed E-state index contributed by atoms with van der Waals surface area (Å²) in [7, 11) is 0. The van der Waals surface area contributed by atoms with Crippen LogP contribution in [0.4, 0.5) is 11.6 Å². The molecule has 4 aromatic rings. The van der Waals surface area contributed by atoms with Gasteiger partial charge in [-0.3, -0.25) is 10.1 Å². The first kappa shape index (κ1) is 19.1. The standard InChI is InChI=1S/C21H15N5O4S/c27-26(28)17-11-10-16(29-17)19-22-15-9-5-4-8-14(15)18-20(30-19)23-21(25-24-18)31-12-13-6-2-1-3-7-13/h1-11,19,22H,12H2/t19-/m1/s1. The second kappa shape index (κ2) is 8.07. The number of furan rings is 1. The van der Waals surface area contributed by atoms with Crippen molar-refractivity contribution >= 4 is 23.3 Å². The quantitative estimate of drug-likeness (QED) is 0.268. The molecule has 3 heterocycles. The summed E-state index contributed by atoms with van der Waals surface area (Å²) < 4.78 is 11.4. The fourth-order valence-electron chi connectivity index (χ4n) is 3.14. The lowest BCUT2D eigenvalue weighted by atomic mass is 10.1. The van der Waals surface area contributed by atoms with Crippen LogP contribution in [0, 0.1) is 10.1 Å². The molecule has 0 amide bonds. The summed E-state index contributed by atoms with van der Waals surface area (Å²) in [6.45, 7) is 0. The van der Waals surface area contributed by atoms with Gasteiger partial charge < -0.3 is 14.5 Å². The molecule has 154 valence electrons. The van der Waals surface area contributed by atoms with Gasteiger partial charge in [0.2, 0.25) is 17.3 Å². The number of para-hydroxylation sites is 1. The van der Waals surface area contributed by atoms with Crippen molar-refractivity contribution in [2.45, 2.75) is 17.1 Å². The molecule has 0 unspecified atom stereocenters. The topological polar surface area (TPSA) is 116 Å². The number of nitrogens with zero attached hydrogens (tertiary/aromatic N) is 4. The van der Waals surface area contributed by atoms with Crippen LogP contribution in [0.15, 0.2) is 76.3 Å². The maximum Gasteiger partial charge on any atom is 0.433 e. The van der Waals surface area contributed by atoms with Crippen LogP contribution in [0.3, 0.4) is 0 Å². The predicted molar refractivity (Wildman–Crippen MR) is 114 cm³/mol. The van der Waals surface area contributed by atoms with E-state index < -0.39 is 11.2 Å². The number of aromatic nitrogens is 3. The highest BCUT2D eigenvalue weighted by Crippen LogP contribution is 2.40. The van der Waals surface area contributed by atoms with Crippen molar-refractivity contribution in [2.24, 2.45) is 0 Å². The Labute approximate surface area is 180 Å². The Morgan fingerprint density at radius 1 is 1.03 bits per heavy atom. The van der Waals surface area contributed by atoms with Gasteiger partial charge >= 0.3 is 5.88 Å². The van der Waals surface area contributed by atoms with Crippen LogP contribution in [0.25, 0.3) is 11.3 Å². The van der Waals surface area contributed by atoms with Crippen LogP contribution in [0.2, 0.25) is 0 Å². The Hall–Kier alpha value is -3.92. The van der Waals surface area contributed by atoms with Gasteiger partial charge in [-0.2, -0.15) is 4.98 Å². The minimum Gasteiger partial charge on any atom is -0.444 e. The molecule has 0 spiro atoms. The monoisotopic (exact) mass is 433 g/mol. The predicted octanol–water partition coefficient (Wildman–Crippen LogP) is 4.84. The SMILES string of the molecule is O=[N+]([O-])c1ccc([C@@H]2Nc3ccccc3-c3nnc(SCc4ccccc4)nc3O2)o1. The van der Waals surface area contributed by atoms with E-state index in [1.807, 2.05) is 54.6 Å². The van der Waals surface area contributed by atoms with Crippen molar-refractivity contribution in [3.63, 3.8) is 0 Å². The van der Waals surface area contributed by atoms with E-state index in [4.69, 9.17) is 9.15 Å². The fraction of sp³-hybridized carbons (Fsp3) is 0.0952. The van der Waals surface area contributed by atoms with E-state index in [-0.39, 0.29) is 17.5 Å². The molecule has 0 fully saturated rings. The third-order valence-corrected chi connectivity index (χ3v) is 5.50. The van der Waals surface area contributed by atoms with Crippen molar-refractivity contribution in [1.82, 2.24) is 15.2 Å². The molecule has 2 aromatic heterocycles. The zero-order chi connectivity index (χ0) is 21.2. The Balaban J connectivity index is 1.49. The number of rotatable bonds is 5. The number of nitrogens with one attached hydrogen (secondary N) is 1.